The highest BCUT2D eigenvalue weighted by molar-refractivity contribution is 5.85. The van der Waals surface area contributed by atoms with Crippen LogP contribution in [0.2, 0.25) is 0 Å². The summed E-state index contributed by atoms with van der Waals surface area (Å²) < 4.78 is 37.6. The Balaban J connectivity index is 0.00000144. The van der Waals surface area contributed by atoms with Crippen LogP contribution in [0.3, 0.4) is 0 Å². The Morgan fingerprint density at radius 3 is 2.53 bits per heavy atom. The van der Waals surface area contributed by atoms with Gasteiger partial charge in [0.05, 0.1) is 5.56 Å². The van der Waals surface area contributed by atoms with E-state index >= 15 is 0 Å². The molecular formula is C12H15ClF3N. The number of hydrogen-bond donors (Lipinski definition) is 1. The Labute approximate surface area is 105 Å². The lowest BCUT2D eigenvalue weighted by Gasteiger charge is -2.17. The maximum absolute atomic E-state index is 12.5. The minimum absolute atomic E-state index is 0. The van der Waals surface area contributed by atoms with Gasteiger partial charge < -0.3 is 5.32 Å². The fourth-order valence-corrected chi connectivity index (χ4v) is 2.26. The number of rotatable bonds is 1. The second-order valence-electron chi connectivity index (χ2n) is 4.26. The lowest BCUT2D eigenvalue weighted by atomic mass is 9.92. The molecule has 0 spiro atoms. The summed E-state index contributed by atoms with van der Waals surface area (Å²) in [5, 5.41) is 3.24. The van der Waals surface area contributed by atoms with E-state index in [1.54, 1.807) is 6.07 Å². The first-order chi connectivity index (χ1) is 7.48. The van der Waals surface area contributed by atoms with E-state index in [4.69, 9.17) is 0 Å². The average molecular weight is 266 g/mol. The Bertz CT molecular complexity index is 378. The molecule has 17 heavy (non-hydrogen) atoms. The molecule has 0 saturated carbocycles. The van der Waals surface area contributed by atoms with Crippen molar-refractivity contribution >= 4 is 12.4 Å². The van der Waals surface area contributed by atoms with Crippen molar-refractivity contribution in [3.05, 3.63) is 35.4 Å². The molecule has 0 amide bonds. The number of nitrogens with one attached hydrogen (secondary N) is 1. The third-order valence-electron chi connectivity index (χ3n) is 3.17. The molecule has 5 heteroatoms. The maximum Gasteiger partial charge on any atom is 0.416 e. The number of alkyl halides is 3. The second kappa shape index (κ2) is 5.27. The van der Waals surface area contributed by atoms with Gasteiger partial charge in [0.1, 0.15) is 0 Å². The van der Waals surface area contributed by atoms with Gasteiger partial charge >= 0.3 is 6.18 Å². The molecule has 1 saturated heterocycles. The molecule has 2 rings (SSSR count). The van der Waals surface area contributed by atoms with Crippen LogP contribution in [0.25, 0.3) is 0 Å². The van der Waals surface area contributed by atoms with E-state index in [0.717, 1.165) is 24.6 Å². The van der Waals surface area contributed by atoms with E-state index in [2.05, 4.69) is 5.32 Å². The van der Waals surface area contributed by atoms with Crippen LogP contribution in [-0.4, -0.2) is 12.6 Å². The monoisotopic (exact) mass is 265 g/mol. The fraction of sp³-hybridized carbons (Fsp3) is 0.500. The van der Waals surface area contributed by atoms with Gasteiger partial charge in [-0.2, -0.15) is 13.2 Å². The van der Waals surface area contributed by atoms with Gasteiger partial charge in [-0.15, -0.1) is 12.4 Å². The van der Waals surface area contributed by atoms with Crippen molar-refractivity contribution in [3.8, 4) is 0 Å². The van der Waals surface area contributed by atoms with E-state index in [-0.39, 0.29) is 24.4 Å². The third kappa shape index (κ3) is 3.13. The zero-order valence-corrected chi connectivity index (χ0v) is 10.2. The number of hydrogen-bond acceptors (Lipinski definition) is 1. The van der Waals surface area contributed by atoms with Crippen LogP contribution in [0.15, 0.2) is 24.3 Å². The minimum Gasteiger partial charge on any atom is -0.314 e. The fourth-order valence-electron chi connectivity index (χ4n) is 2.26. The molecule has 1 fully saturated rings. The van der Waals surface area contributed by atoms with Crippen molar-refractivity contribution in [2.45, 2.75) is 31.5 Å². The zero-order valence-electron chi connectivity index (χ0n) is 9.42. The summed E-state index contributed by atoms with van der Waals surface area (Å²) in [6.07, 6.45) is -3.34. The van der Waals surface area contributed by atoms with Crippen LogP contribution in [-0.2, 0) is 6.18 Å². The van der Waals surface area contributed by atoms with Crippen molar-refractivity contribution in [3.63, 3.8) is 0 Å². The van der Waals surface area contributed by atoms with Gasteiger partial charge in [-0.3, -0.25) is 0 Å². The lowest BCUT2D eigenvalue weighted by Crippen LogP contribution is -2.21. The van der Waals surface area contributed by atoms with Gasteiger partial charge in [0.25, 0.3) is 0 Å². The average Bonchev–Trinajstić information content (AvgIpc) is 2.63. The van der Waals surface area contributed by atoms with Gasteiger partial charge in [-0.05, 0) is 31.5 Å². The number of halogens is 4. The SMILES string of the molecule is CC1NCCC1c1cccc(C(F)(F)F)c1.Cl. The van der Waals surface area contributed by atoms with Crippen molar-refractivity contribution in [2.75, 3.05) is 6.54 Å². The highest BCUT2D eigenvalue weighted by Crippen LogP contribution is 2.33. The molecule has 1 aliphatic heterocycles. The van der Waals surface area contributed by atoms with Crippen molar-refractivity contribution in [2.24, 2.45) is 0 Å². The van der Waals surface area contributed by atoms with Gasteiger partial charge in [0.15, 0.2) is 0 Å². The Morgan fingerprint density at radius 1 is 1.29 bits per heavy atom. The minimum atomic E-state index is -4.24. The van der Waals surface area contributed by atoms with Crippen molar-refractivity contribution in [1.82, 2.24) is 5.32 Å². The van der Waals surface area contributed by atoms with Crippen LogP contribution in [0.1, 0.15) is 30.4 Å². The molecule has 0 aliphatic carbocycles. The third-order valence-corrected chi connectivity index (χ3v) is 3.17. The summed E-state index contributed by atoms with van der Waals surface area (Å²) in [6.45, 7) is 2.89. The summed E-state index contributed by atoms with van der Waals surface area (Å²) in [4.78, 5) is 0. The van der Waals surface area contributed by atoms with Crippen LogP contribution in [0.4, 0.5) is 13.2 Å². The van der Waals surface area contributed by atoms with Gasteiger partial charge in [-0.25, -0.2) is 0 Å². The molecule has 2 unspecified atom stereocenters. The van der Waals surface area contributed by atoms with E-state index in [1.807, 2.05) is 6.92 Å². The molecule has 1 N–H and O–H groups in total. The van der Waals surface area contributed by atoms with Gasteiger partial charge in [0, 0.05) is 12.0 Å². The summed E-state index contributed by atoms with van der Waals surface area (Å²) >= 11 is 0. The molecule has 1 nitrogen and oxygen atoms in total. The van der Waals surface area contributed by atoms with Crippen LogP contribution >= 0.6 is 12.4 Å². The predicted molar refractivity (Wildman–Crippen MR) is 63.5 cm³/mol. The van der Waals surface area contributed by atoms with E-state index in [1.165, 1.54) is 12.1 Å². The molecule has 1 heterocycles. The smallest absolute Gasteiger partial charge is 0.314 e. The quantitative estimate of drug-likeness (QED) is 0.818. The summed E-state index contributed by atoms with van der Waals surface area (Å²) in [5.74, 6) is 0.197. The summed E-state index contributed by atoms with van der Waals surface area (Å²) in [6, 6.07) is 5.92. The molecule has 0 bridgehead atoms. The first kappa shape index (κ1) is 14.3. The standard InChI is InChI=1S/C12H14F3N.ClH/c1-8-11(5-6-16-8)9-3-2-4-10(7-9)12(13,14)15;/h2-4,7-8,11,16H,5-6H2,1H3;1H. The topological polar surface area (TPSA) is 12.0 Å². The van der Waals surface area contributed by atoms with Crippen LogP contribution in [0.5, 0.6) is 0 Å². The van der Waals surface area contributed by atoms with E-state index in [9.17, 15) is 13.2 Å². The predicted octanol–water partition coefficient (Wildman–Crippen LogP) is 3.59. The molecule has 1 aromatic rings. The van der Waals surface area contributed by atoms with Crippen LogP contribution in [0, 0.1) is 0 Å². The van der Waals surface area contributed by atoms with E-state index < -0.39 is 11.7 Å². The first-order valence-electron chi connectivity index (χ1n) is 5.39. The molecule has 0 radical (unpaired) electrons. The highest BCUT2D eigenvalue weighted by Gasteiger charge is 2.32. The van der Waals surface area contributed by atoms with E-state index in [0.29, 0.717) is 0 Å². The largest absolute Gasteiger partial charge is 0.416 e. The van der Waals surface area contributed by atoms with Gasteiger partial charge in [0.2, 0.25) is 0 Å². The summed E-state index contributed by atoms with van der Waals surface area (Å²) in [5.41, 5.74) is 0.233. The zero-order chi connectivity index (χ0) is 11.8. The van der Waals surface area contributed by atoms with Crippen molar-refractivity contribution < 1.29 is 13.2 Å². The maximum atomic E-state index is 12.5. The number of benzene rings is 1. The lowest BCUT2D eigenvalue weighted by molar-refractivity contribution is -0.137. The first-order valence-corrected chi connectivity index (χ1v) is 5.39. The highest BCUT2D eigenvalue weighted by atomic mass is 35.5. The summed E-state index contributed by atoms with van der Waals surface area (Å²) in [7, 11) is 0. The van der Waals surface area contributed by atoms with Crippen molar-refractivity contribution in [1.29, 1.82) is 0 Å². The second-order valence-corrected chi connectivity index (χ2v) is 4.26. The Hall–Kier alpha value is -0.740. The molecular weight excluding hydrogens is 251 g/mol. The van der Waals surface area contributed by atoms with Crippen LogP contribution < -0.4 is 5.32 Å². The molecule has 1 aliphatic rings. The molecule has 96 valence electrons. The Kier molecular flexibility index (Phi) is 4.44. The molecule has 2 atom stereocenters. The molecule has 0 aromatic heterocycles. The normalized spacial score (nSPS) is 24.5. The van der Waals surface area contributed by atoms with Gasteiger partial charge in [-0.1, -0.05) is 18.2 Å². The molecule has 1 aromatic carbocycles. The Morgan fingerprint density at radius 2 is 2.00 bits per heavy atom.